The zero-order valence-corrected chi connectivity index (χ0v) is 14.2. The molecule has 3 aliphatic rings. The van der Waals surface area contributed by atoms with Crippen LogP contribution in [0.3, 0.4) is 0 Å². The first-order valence-corrected chi connectivity index (χ1v) is 9.38. The van der Waals surface area contributed by atoms with Crippen molar-refractivity contribution in [3.63, 3.8) is 0 Å². The lowest BCUT2D eigenvalue weighted by Crippen LogP contribution is -2.53. The summed E-state index contributed by atoms with van der Waals surface area (Å²) in [5.41, 5.74) is 0.459. The molecule has 1 amide bonds. The lowest BCUT2D eigenvalue weighted by Gasteiger charge is -2.46. The van der Waals surface area contributed by atoms with Crippen molar-refractivity contribution in [2.24, 2.45) is 5.41 Å². The van der Waals surface area contributed by atoms with Gasteiger partial charge in [-0.15, -0.1) is 0 Å². The van der Waals surface area contributed by atoms with Gasteiger partial charge in [0.2, 0.25) is 5.91 Å². The van der Waals surface area contributed by atoms with E-state index in [0.717, 1.165) is 26.2 Å². The Bertz CT molecular complexity index is 412. The van der Waals surface area contributed by atoms with Gasteiger partial charge in [0.05, 0.1) is 6.04 Å². The van der Waals surface area contributed by atoms with Gasteiger partial charge < -0.3 is 4.90 Å². The maximum atomic E-state index is 12.9. The number of rotatable bonds is 2. The first-order chi connectivity index (χ1) is 10.7. The lowest BCUT2D eigenvalue weighted by molar-refractivity contribution is -0.137. The Kier molecular flexibility index (Phi) is 5.22. The Labute approximate surface area is 135 Å². The number of hydrogen-bond acceptors (Lipinski definition) is 2. The van der Waals surface area contributed by atoms with Gasteiger partial charge in [-0.25, -0.2) is 0 Å². The van der Waals surface area contributed by atoms with E-state index in [1.165, 1.54) is 57.8 Å². The topological polar surface area (TPSA) is 23.6 Å². The average molecular weight is 304 g/mol. The molecule has 0 aromatic carbocycles. The fourth-order valence-corrected chi connectivity index (χ4v) is 4.60. The minimum Gasteiger partial charge on any atom is -0.341 e. The third-order valence-corrected chi connectivity index (χ3v) is 6.07. The number of carbonyl (C=O) groups is 1. The van der Waals surface area contributed by atoms with Gasteiger partial charge in [-0.05, 0) is 63.8 Å². The van der Waals surface area contributed by atoms with Gasteiger partial charge >= 0.3 is 0 Å². The van der Waals surface area contributed by atoms with E-state index in [0.29, 0.717) is 11.3 Å². The Morgan fingerprint density at radius 1 is 1.00 bits per heavy atom. The summed E-state index contributed by atoms with van der Waals surface area (Å²) in [6, 6.07) is 0.0705. The van der Waals surface area contributed by atoms with E-state index in [4.69, 9.17) is 0 Å². The normalized spacial score (nSPS) is 32.0. The van der Waals surface area contributed by atoms with Gasteiger partial charge in [0.25, 0.3) is 0 Å². The monoisotopic (exact) mass is 304 g/mol. The van der Waals surface area contributed by atoms with Gasteiger partial charge in [-0.3, -0.25) is 9.69 Å². The molecule has 0 aromatic rings. The highest BCUT2D eigenvalue weighted by atomic mass is 16.2. The summed E-state index contributed by atoms with van der Waals surface area (Å²) < 4.78 is 0. The molecule has 0 N–H and O–H groups in total. The molecule has 3 heteroatoms. The summed E-state index contributed by atoms with van der Waals surface area (Å²) in [6.45, 7) is 6.32. The minimum atomic E-state index is 0.0705. The quantitative estimate of drug-likeness (QED) is 0.728. The second kappa shape index (κ2) is 7.16. The van der Waals surface area contributed by atoms with Crippen molar-refractivity contribution in [2.75, 3.05) is 26.2 Å². The van der Waals surface area contributed by atoms with E-state index in [9.17, 15) is 4.79 Å². The number of hydrogen-bond donors (Lipinski definition) is 0. The second-order valence-corrected chi connectivity index (χ2v) is 7.70. The van der Waals surface area contributed by atoms with Crippen LogP contribution in [-0.2, 0) is 4.79 Å². The van der Waals surface area contributed by atoms with Crippen molar-refractivity contribution < 1.29 is 4.79 Å². The van der Waals surface area contributed by atoms with Crippen molar-refractivity contribution in [3.05, 3.63) is 12.2 Å². The van der Waals surface area contributed by atoms with Crippen LogP contribution in [0.2, 0.25) is 0 Å². The lowest BCUT2D eigenvalue weighted by atomic mass is 9.71. The molecule has 2 atom stereocenters. The van der Waals surface area contributed by atoms with Crippen molar-refractivity contribution in [1.82, 2.24) is 9.80 Å². The van der Waals surface area contributed by atoms with Crippen LogP contribution >= 0.6 is 0 Å². The summed E-state index contributed by atoms with van der Waals surface area (Å²) in [7, 11) is 0. The van der Waals surface area contributed by atoms with E-state index < -0.39 is 0 Å². The van der Waals surface area contributed by atoms with E-state index in [1.54, 1.807) is 0 Å². The number of likely N-dealkylation sites (tertiary alicyclic amines) is 2. The molecule has 0 aromatic heterocycles. The molecule has 0 radical (unpaired) electrons. The van der Waals surface area contributed by atoms with E-state index in [1.807, 2.05) is 0 Å². The van der Waals surface area contributed by atoms with Gasteiger partial charge in [0.1, 0.15) is 0 Å². The van der Waals surface area contributed by atoms with Crippen molar-refractivity contribution in [1.29, 1.82) is 0 Å². The smallest absolute Gasteiger partial charge is 0.239 e. The predicted octanol–water partition coefficient (Wildman–Crippen LogP) is 3.60. The van der Waals surface area contributed by atoms with Crippen LogP contribution < -0.4 is 0 Å². The van der Waals surface area contributed by atoms with Crippen molar-refractivity contribution >= 4 is 5.91 Å². The maximum absolute atomic E-state index is 12.9. The van der Waals surface area contributed by atoms with Crippen molar-refractivity contribution in [3.8, 4) is 0 Å². The third kappa shape index (κ3) is 3.56. The number of allylic oxidation sites excluding steroid dienone is 2. The van der Waals surface area contributed by atoms with Gasteiger partial charge in [-0.2, -0.15) is 0 Å². The Morgan fingerprint density at radius 3 is 2.45 bits per heavy atom. The van der Waals surface area contributed by atoms with Gasteiger partial charge in [0.15, 0.2) is 0 Å². The standard InChI is InChI=1S/C19H32N2O/c1-17(18(22)20-13-7-2-3-8-14-20)21-15-9-12-19(16-21)10-5-4-6-11-19/h4-5,17H,2-3,6-16H2,1H3/t17-,19-/m1/s1. The van der Waals surface area contributed by atoms with Crippen molar-refractivity contribution in [2.45, 2.75) is 70.8 Å². The number of carbonyl (C=O) groups excluding carboxylic acids is 1. The molecule has 2 fully saturated rings. The SMILES string of the molecule is C[C@H](C(=O)N1CCCCCC1)N1CCC[C@]2(CC=CCC2)C1. The third-order valence-electron chi connectivity index (χ3n) is 6.07. The molecule has 124 valence electrons. The zero-order valence-electron chi connectivity index (χ0n) is 14.2. The highest BCUT2D eigenvalue weighted by Gasteiger charge is 2.38. The number of nitrogens with zero attached hydrogens (tertiary/aromatic N) is 2. The molecular weight excluding hydrogens is 272 g/mol. The molecule has 1 spiro atoms. The van der Waals surface area contributed by atoms with E-state index in [2.05, 4.69) is 28.9 Å². The Balaban J connectivity index is 1.62. The summed E-state index contributed by atoms with van der Waals surface area (Å²) in [5, 5.41) is 0. The molecule has 0 saturated carbocycles. The molecule has 2 heterocycles. The van der Waals surface area contributed by atoms with Crippen LogP contribution in [0, 0.1) is 5.41 Å². The molecule has 1 aliphatic carbocycles. The van der Waals surface area contributed by atoms with E-state index >= 15 is 0 Å². The van der Waals surface area contributed by atoms with Crippen LogP contribution in [0.15, 0.2) is 12.2 Å². The number of amides is 1. The van der Waals surface area contributed by atoms with Gasteiger partial charge in [0, 0.05) is 19.6 Å². The summed E-state index contributed by atoms with van der Waals surface area (Å²) in [5.74, 6) is 0.380. The molecule has 0 unspecified atom stereocenters. The first-order valence-electron chi connectivity index (χ1n) is 9.38. The van der Waals surface area contributed by atoms with Crippen LogP contribution in [-0.4, -0.2) is 47.9 Å². The van der Waals surface area contributed by atoms with Crippen LogP contribution in [0.25, 0.3) is 0 Å². The minimum absolute atomic E-state index is 0.0705. The van der Waals surface area contributed by atoms with Gasteiger partial charge in [-0.1, -0.05) is 25.0 Å². The second-order valence-electron chi connectivity index (χ2n) is 7.70. The summed E-state index contributed by atoms with van der Waals surface area (Å²) >= 11 is 0. The van der Waals surface area contributed by atoms with Crippen LogP contribution in [0.5, 0.6) is 0 Å². The zero-order chi connectivity index (χ0) is 15.4. The maximum Gasteiger partial charge on any atom is 0.239 e. The summed E-state index contributed by atoms with van der Waals surface area (Å²) in [4.78, 5) is 17.5. The molecule has 22 heavy (non-hydrogen) atoms. The predicted molar refractivity (Wildman–Crippen MR) is 90.7 cm³/mol. The molecule has 3 nitrogen and oxygen atoms in total. The first kappa shape index (κ1) is 16.0. The fourth-order valence-electron chi connectivity index (χ4n) is 4.60. The van der Waals surface area contributed by atoms with Crippen LogP contribution in [0.1, 0.15) is 64.7 Å². The molecule has 0 bridgehead atoms. The molecule has 2 aliphatic heterocycles. The molecule has 3 rings (SSSR count). The Hall–Kier alpha value is -0.830. The van der Waals surface area contributed by atoms with E-state index in [-0.39, 0.29) is 6.04 Å². The fraction of sp³-hybridized carbons (Fsp3) is 0.842. The number of piperidine rings is 1. The largest absolute Gasteiger partial charge is 0.341 e. The summed E-state index contributed by atoms with van der Waals surface area (Å²) in [6.07, 6.45) is 16.0. The highest BCUT2D eigenvalue weighted by molar-refractivity contribution is 5.81. The molecular formula is C19H32N2O. The van der Waals surface area contributed by atoms with Crippen LogP contribution in [0.4, 0.5) is 0 Å². The Morgan fingerprint density at radius 2 is 1.77 bits per heavy atom. The molecule has 2 saturated heterocycles. The average Bonchev–Trinajstić information content (AvgIpc) is 2.83. The highest BCUT2D eigenvalue weighted by Crippen LogP contribution is 2.41.